The summed E-state index contributed by atoms with van der Waals surface area (Å²) < 4.78 is 2.70. The molecule has 23 heavy (non-hydrogen) atoms. The summed E-state index contributed by atoms with van der Waals surface area (Å²) in [5.74, 6) is 0.860. The quantitative estimate of drug-likeness (QED) is 0.796. The molecule has 3 heteroatoms. The van der Waals surface area contributed by atoms with Gasteiger partial charge in [-0.3, -0.25) is 0 Å². The van der Waals surface area contributed by atoms with Gasteiger partial charge < -0.3 is 9.88 Å². The fraction of sp³-hybridized carbons (Fsp3) is 0.600. The molecular formula is C20H27ClN2. The van der Waals surface area contributed by atoms with E-state index in [1.807, 2.05) is 0 Å². The van der Waals surface area contributed by atoms with Gasteiger partial charge in [0.05, 0.1) is 11.6 Å². The fourth-order valence-electron chi connectivity index (χ4n) is 5.36. The molecule has 1 aromatic carbocycles. The Morgan fingerprint density at radius 1 is 1.00 bits per heavy atom. The Labute approximate surface area is 145 Å². The first-order valence-corrected chi connectivity index (χ1v) is 9.30. The maximum absolute atomic E-state index is 3.90. The molecule has 1 N–H and O–H groups in total. The standard InChI is InChI=1S/C20H26N2.ClH/c1-2-6-14(7-3-1)18-20-17(11-12-21-18)16-10-4-8-15-9-5-13-22(20)19(15)16;/h4,8,10,14,18,21H,1-3,5-7,9,11-13H2;1H/t18-;/m1./s1. The van der Waals surface area contributed by atoms with Crippen LogP contribution in [-0.4, -0.2) is 11.1 Å². The SMILES string of the molecule is Cl.c1cc2c3c(c1)c1c(n3CCC2)[C@@H](C2CCCCC2)NCC1. The molecular weight excluding hydrogens is 304 g/mol. The Bertz CT molecular complexity index is 712. The minimum absolute atomic E-state index is 0. The minimum atomic E-state index is 0. The molecule has 0 saturated heterocycles. The summed E-state index contributed by atoms with van der Waals surface area (Å²) in [4.78, 5) is 0. The van der Waals surface area contributed by atoms with E-state index in [4.69, 9.17) is 0 Å². The number of hydrogen-bond donors (Lipinski definition) is 1. The summed E-state index contributed by atoms with van der Waals surface area (Å²) in [7, 11) is 0. The minimum Gasteiger partial charge on any atom is -0.343 e. The summed E-state index contributed by atoms with van der Waals surface area (Å²) in [6, 6.07) is 7.63. The Balaban J connectivity index is 0.00000135. The number of rotatable bonds is 1. The van der Waals surface area contributed by atoms with E-state index in [9.17, 15) is 0 Å². The van der Waals surface area contributed by atoms with Crippen LogP contribution in [0.15, 0.2) is 18.2 Å². The third-order valence-corrected chi connectivity index (χ3v) is 6.30. The van der Waals surface area contributed by atoms with Crippen molar-refractivity contribution in [2.75, 3.05) is 6.54 Å². The van der Waals surface area contributed by atoms with Gasteiger partial charge in [-0.05, 0) is 55.7 Å². The van der Waals surface area contributed by atoms with E-state index < -0.39 is 0 Å². The number of para-hydroxylation sites is 1. The van der Waals surface area contributed by atoms with Gasteiger partial charge in [0, 0.05) is 17.6 Å². The lowest BCUT2D eigenvalue weighted by atomic mass is 9.80. The highest BCUT2D eigenvalue weighted by molar-refractivity contribution is 5.89. The largest absolute Gasteiger partial charge is 0.343 e. The Hall–Kier alpha value is -0.990. The van der Waals surface area contributed by atoms with Gasteiger partial charge in [-0.2, -0.15) is 0 Å². The van der Waals surface area contributed by atoms with Crippen molar-refractivity contribution >= 4 is 23.3 Å². The highest BCUT2D eigenvalue weighted by Gasteiger charge is 2.34. The maximum atomic E-state index is 3.90. The Morgan fingerprint density at radius 2 is 1.87 bits per heavy atom. The first kappa shape index (κ1) is 15.5. The average molecular weight is 331 g/mol. The number of benzene rings is 1. The second-order valence-electron chi connectivity index (χ2n) is 7.51. The summed E-state index contributed by atoms with van der Waals surface area (Å²) in [6.45, 7) is 2.39. The molecule has 3 aliphatic rings. The smallest absolute Gasteiger partial charge is 0.0518 e. The average Bonchev–Trinajstić information content (AvgIpc) is 2.93. The van der Waals surface area contributed by atoms with E-state index in [-0.39, 0.29) is 12.4 Å². The van der Waals surface area contributed by atoms with Crippen LogP contribution in [0.2, 0.25) is 0 Å². The molecule has 2 aliphatic heterocycles. The molecule has 0 amide bonds. The maximum Gasteiger partial charge on any atom is 0.0518 e. The lowest BCUT2D eigenvalue weighted by Crippen LogP contribution is -2.37. The van der Waals surface area contributed by atoms with Crippen LogP contribution in [0, 0.1) is 5.92 Å². The molecule has 0 spiro atoms. The monoisotopic (exact) mass is 330 g/mol. The van der Waals surface area contributed by atoms with Crippen LogP contribution in [0.5, 0.6) is 0 Å². The molecule has 0 unspecified atom stereocenters. The van der Waals surface area contributed by atoms with Crippen molar-refractivity contribution in [3.63, 3.8) is 0 Å². The Morgan fingerprint density at radius 3 is 2.74 bits per heavy atom. The first-order valence-electron chi connectivity index (χ1n) is 9.30. The zero-order valence-electron chi connectivity index (χ0n) is 13.8. The van der Waals surface area contributed by atoms with Gasteiger partial charge in [0.1, 0.15) is 0 Å². The Kier molecular flexibility index (Phi) is 4.15. The molecule has 1 aromatic heterocycles. The predicted octanol–water partition coefficient (Wildman–Crippen LogP) is 4.78. The topological polar surface area (TPSA) is 17.0 Å². The van der Waals surface area contributed by atoms with Gasteiger partial charge in [0.2, 0.25) is 0 Å². The second kappa shape index (κ2) is 6.14. The molecule has 0 radical (unpaired) electrons. The number of nitrogens with one attached hydrogen (secondary N) is 1. The van der Waals surface area contributed by atoms with Gasteiger partial charge >= 0.3 is 0 Å². The second-order valence-corrected chi connectivity index (χ2v) is 7.51. The molecule has 2 aromatic rings. The summed E-state index contributed by atoms with van der Waals surface area (Å²) in [6.07, 6.45) is 10.9. The van der Waals surface area contributed by atoms with Crippen molar-refractivity contribution in [1.29, 1.82) is 0 Å². The molecule has 124 valence electrons. The van der Waals surface area contributed by atoms with Crippen LogP contribution in [0.1, 0.15) is 61.4 Å². The lowest BCUT2D eigenvalue weighted by Gasteiger charge is -2.36. The van der Waals surface area contributed by atoms with E-state index in [2.05, 4.69) is 28.1 Å². The van der Waals surface area contributed by atoms with E-state index >= 15 is 0 Å². The molecule has 1 atom stereocenters. The normalized spacial score (nSPS) is 24.3. The molecule has 0 bridgehead atoms. The van der Waals surface area contributed by atoms with E-state index in [1.165, 1.54) is 57.9 Å². The summed E-state index contributed by atoms with van der Waals surface area (Å²) in [5, 5.41) is 5.47. The van der Waals surface area contributed by atoms with Crippen molar-refractivity contribution in [1.82, 2.24) is 9.88 Å². The van der Waals surface area contributed by atoms with Crippen LogP contribution >= 0.6 is 12.4 Å². The molecule has 1 fully saturated rings. The fourth-order valence-corrected chi connectivity index (χ4v) is 5.36. The van der Waals surface area contributed by atoms with Crippen molar-refractivity contribution < 1.29 is 0 Å². The van der Waals surface area contributed by atoms with Gasteiger partial charge in [0.15, 0.2) is 0 Å². The zero-order chi connectivity index (χ0) is 14.5. The third-order valence-electron chi connectivity index (χ3n) is 6.30. The predicted molar refractivity (Wildman–Crippen MR) is 98.5 cm³/mol. The number of aryl methyl sites for hydroxylation is 2. The highest BCUT2D eigenvalue weighted by Crippen LogP contribution is 2.43. The number of nitrogens with zero attached hydrogens (tertiary/aromatic N) is 1. The van der Waals surface area contributed by atoms with Gasteiger partial charge in [-0.1, -0.05) is 37.5 Å². The lowest BCUT2D eigenvalue weighted by molar-refractivity contribution is 0.255. The van der Waals surface area contributed by atoms with Gasteiger partial charge in [-0.25, -0.2) is 0 Å². The number of hydrogen-bond acceptors (Lipinski definition) is 1. The third kappa shape index (κ3) is 2.34. The summed E-state index contributed by atoms with van der Waals surface area (Å²) >= 11 is 0. The molecule has 1 aliphatic carbocycles. The highest BCUT2D eigenvalue weighted by atomic mass is 35.5. The van der Waals surface area contributed by atoms with Crippen LogP contribution in [0.3, 0.4) is 0 Å². The molecule has 5 rings (SSSR count). The van der Waals surface area contributed by atoms with Crippen molar-refractivity contribution in [2.45, 2.75) is 64.0 Å². The number of fused-ring (bicyclic) bond motifs is 3. The van der Waals surface area contributed by atoms with Crippen LogP contribution in [0.4, 0.5) is 0 Å². The molecule has 2 nitrogen and oxygen atoms in total. The van der Waals surface area contributed by atoms with Crippen molar-refractivity contribution in [3.8, 4) is 0 Å². The van der Waals surface area contributed by atoms with Crippen LogP contribution in [0.25, 0.3) is 10.9 Å². The first-order chi connectivity index (χ1) is 10.9. The van der Waals surface area contributed by atoms with Crippen molar-refractivity contribution in [2.24, 2.45) is 5.92 Å². The molecule has 1 saturated carbocycles. The summed E-state index contributed by atoms with van der Waals surface area (Å²) in [5.41, 5.74) is 6.50. The number of aromatic nitrogens is 1. The number of halogens is 1. The molecule has 3 heterocycles. The van der Waals surface area contributed by atoms with E-state index in [0.717, 1.165) is 12.5 Å². The van der Waals surface area contributed by atoms with Crippen molar-refractivity contribution in [3.05, 3.63) is 35.0 Å². The van der Waals surface area contributed by atoms with E-state index in [0.29, 0.717) is 6.04 Å². The van der Waals surface area contributed by atoms with E-state index in [1.54, 1.807) is 27.7 Å². The van der Waals surface area contributed by atoms with Crippen LogP contribution < -0.4 is 5.32 Å². The van der Waals surface area contributed by atoms with Gasteiger partial charge in [-0.15, -0.1) is 12.4 Å². The van der Waals surface area contributed by atoms with Gasteiger partial charge in [0.25, 0.3) is 0 Å². The van der Waals surface area contributed by atoms with Crippen LogP contribution in [-0.2, 0) is 19.4 Å². The zero-order valence-corrected chi connectivity index (χ0v) is 14.6.